The number of hydrogen-bond acceptors (Lipinski definition) is 4. The molecule has 84 valence electrons. The maximum absolute atomic E-state index is 11.7. The molecule has 0 amide bonds. The molecule has 0 unspecified atom stereocenters. The zero-order valence-electron chi connectivity index (χ0n) is 8.76. The van der Waals surface area contributed by atoms with Gasteiger partial charge in [0.2, 0.25) is 0 Å². The van der Waals surface area contributed by atoms with E-state index in [0.29, 0.717) is 12.2 Å². The summed E-state index contributed by atoms with van der Waals surface area (Å²) in [5.41, 5.74) is 0. The highest BCUT2D eigenvalue weighted by Crippen LogP contribution is 2.24. The van der Waals surface area contributed by atoms with Crippen LogP contribution < -0.4 is 4.74 Å². The monoisotopic (exact) mass is 230 g/mol. The summed E-state index contributed by atoms with van der Waals surface area (Å²) >= 11 is 0. The van der Waals surface area contributed by atoms with Gasteiger partial charge in [-0.05, 0) is 18.6 Å². The Morgan fingerprint density at radius 3 is 2.53 bits per heavy atom. The molecule has 0 aliphatic rings. The number of rotatable bonds is 5. The molecule has 15 heavy (non-hydrogen) atoms. The summed E-state index contributed by atoms with van der Waals surface area (Å²) in [6, 6.07) is 6.38. The highest BCUT2D eigenvalue weighted by atomic mass is 32.2. The average Bonchev–Trinajstić information content (AvgIpc) is 2.26. The van der Waals surface area contributed by atoms with Gasteiger partial charge >= 0.3 is 10.1 Å². The summed E-state index contributed by atoms with van der Waals surface area (Å²) in [6.45, 7) is 2.03. The molecule has 0 atom stereocenters. The van der Waals surface area contributed by atoms with Gasteiger partial charge < -0.3 is 4.74 Å². The zero-order chi connectivity index (χ0) is 11.3. The number of methoxy groups -OCH3 is 1. The van der Waals surface area contributed by atoms with Crippen LogP contribution in [0.4, 0.5) is 0 Å². The molecule has 0 spiro atoms. The summed E-state index contributed by atoms with van der Waals surface area (Å²) in [5.74, 6) is 0.300. The van der Waals surface area contributed by atoms with E-state index in [1.54, 1.807) is 18.2 Å². The van der Waals surface area contributed by atoms with Crippen molar-refractivity contribution in [3.05, 3.63) is 24.3 Å². The molecule has 5 heteroatoms. The number of benzene rings is 1. The minimum Gasteiger partial charge on any atom is -0.495 e. The van der Waals surface area contributed by atoms with Gasteiger partial charge in [-0.15, -0.1) is 0 Å². The van der Waals surface area contributed by atoms with E-state index in [-0.39, 0.29) is 11.5 Å². The van der Waals surface area contributed by atoms with Crippen LogP contribution in [-0.4, -0.2) is 22.1 Å². The molecule has 0 aliphatic carbocycles. The second kappa shape index (κ2) is 5.14. The standard InChI is InChI=1S/C10H14O4S/c1-3-8-14-15(11,12)10-7-5-4-6-9(10)13-2/h4-7H,3,8H2,1-2H3. The minimum absolute atomic E-state index is 0.0703. The second-order valence-corrected chi connectivity index (χ2v) is 4.51. The van der Waals surface area contributed by atoms with Crippen molar-refractivity contribution in [3.63, 3.8) is 0 Å². The normalized spacial score (nSPS) is 11.3. The van der Waals surface area contributed by atoms with E-state index in [1.807, 2.05) is 6.92 Å². The third kappa shape index (κ3) is 2.94. The molecule has 0 saturated heterocycles. The van der Waals surface area contributed by atoms with Crippen LogP contribution in [0.2, 0.25) is 0 Å². The lowest BCUT2D eigenvalue weighted by Gasteiger charge is -2.08. The molecule has 0 aromatic heterocycles. The molecule has 0 saturated carbocycles. The third-order valence-corrected chi connectivity index (χ3v) is 3.13. The fourth-order valence-electron chi connectivity index (χ4n) is 1.08. The first-order valence-electron chi connectivity index (χ1n) is 4.64. The fraction of sp³-hybridized carbons (Fsp3) is 0.400. The van der Waals surface area contributed by atoms with Gasteiger partial charge in [-0.3, -0.25) is 4.18 Å². The lowest BCUT2D eigenvalue weighted by atomic mass is 10.3. The molecule has 0 aliphatic heterocycles. The Kier molecular flexibility index (Phi) is 4.11. The molecule has 1 rings (SSSR count). The second-order valence-electron chi connectivity index (χ2n) is 2.93. The first-order chi connectivity index (χ1) is 7.11. The molecule has 1 aromatic carbocycles. The largest absolute Gasteiger partial charge is 0.495 e. The summed E-state index contributed by atoms with van der Waals surface area (Å²) in [6.07, 6.45) is 0.647. The van der Waals surface area contributed by atoms with Crippen molar-refractivity contribution in [1.29, 1.82) is 0 Å². The molecule has 0 heterocycles. The Labute approximate surface area is 90.0 Å². The van der Waals surface area contributed by atoms with E-state index < -0.39 is 10.1 Å². The molecular formula is C10H14O4S. The van der Waals surface area contributed by atoms with Crippen LogP contribution in [0.25, 0.3) is 0 Å². The number of hydrogen-bond donors (Lipinski definition) is 0. The lowest BCUT2D eigenvalue weighted by molar-refractivity contribution is 0.314. The van der Waals surface area contributed by atoms with Gasteiger partial charge in [-0.2, -0.15) is 8.42 Å². The van der Waals surface area contributed by atoms with Crippen molar-refractivity contribution in [2.24, 2.45) is 0 Å². The van der Waals surface area contributed by atoms with E-state index in [4.69, 9.17) is 8.92 Å². The highest BCUT2D eigenvalue weighted by Gasteiger charge is 2.19. The van der Waals surface area contributed by atoms with E-state index in [9.17, 15) is 8.42 Å². The maximum atomic E-state index is 11.7. The van der Waals surface area contributed by atoms with E-state index in [2.05, 4.69) is 0 Å². The number of ether oxygens (including phenoxy) is 1. The molecule has 0 bridgehead atoms. The first-order valence-corrected chi connectivity index (χ1v) is 6.05. The van der Waals surface area contributed by atoms with Crippen LogP contribution in [0.5, 0.6) is 5.75 Å². The van der Waals surface area contributed by atoms with Crippen molar-refractivity contribution in [2.75, 3.05) is 13.7 Å². The minimum atomic E-state index is -3.69. The third-order valence-electron chi connectivity index (χ3n) is 1.78. The highest BCUT2D eigenvalue weighted by molar-refractivity contribution is 7.86. The topological polar surface area (TPSA) is 52.6 Å². The molecule has 0 N–H and O–H groups in total. The van der Waals surface area contributed by atoms with Crippen LogP contribution in [-0.2, 0) is 14.3 Å². The van der Waals surface area contributed by atoms with Gasteiger partial charge in [0.1, 0.15) is 10.6 Å². The van der Waals surface area contributed by atoms with Crippen LogP contribution in [0, 0.1) is 0 Å². The first kappa shape index (κ1) is 12.0. The van der Waals surface area contributed by atoms with Crippen molar-refractivity contribution in [3.8, 4) is 5.75 Å². The van der Waals surface area contributed by atoms with Gasteiger partial charge in [0.05, 0.1) is 13.7 Å². The predicted octanol–water partition coefficient (Wildman–Crippen LogP) is 1.81. The van der Waals surface area contributed by atoms with E-state index >= 15 is 0 Å². The Bertz CT molecular complexity index is 411. The lowest BCUT2D eigenvalue weighted by Crippen LogP contribution is -2.08. The van der Waals surface area contributed by atoms with Crippen LogP contribution in [0.1, 0.15) is 13.3 Å². The van der Waals surface area contributed by atoms with Crippen molar-refractivity contribution >= 4 is 10.1 Å². The molecule has 0 fully saturated rings. The smallest absolute Gasteiger partial charge is 0.300 e. The maximum Gasteiger partial charge on any atom is 0.300 e. The van der Waals surface area contributed by atoms with Crippen LogP contribution in [0.15, 0.2) is 29.2 Å². The summed E-state index contributed by atoms with van der Waals surface area (Å²) in [4.78, 5) is 0.0703. The summed E-state index contributed by atoms with van der Waals surface area (Å²) < 4.78 is 33.1. The van der Waals surface area contributed by atoms with E-state index in [1.165, 1.54) is 13.2 Å². The summed E-state index contributed by atoms with van der Waals surface area (Å²) in [7, 11) is -2.27. The zero-order valence-corrected chi connectivity index (χ0v) is 9.58. The summed E-state index contributed by atoms with van der Waals surface area (Å²) in [5, 5.41) is 0. The number of para-hydroxylation sites is 1. The van der Waals surface area contributed by atoms with Crippen molar-refractivity contribution in [1.82, 2.24) is 0 Å². The Hall–Kier alpha value is -1.07. The molecule has 0 radical (unpaired) electrons. The Balaban J connectivity index is 3.04. The molecule has 1 aromatic rings. The van der Waals surface area contributed by atoms with Gasteiger partial charge in [0, 0.05) is 0 Å². The average molecular weight is 230 g/mol. The predicted molar refractivity (Wildman–Crippen MR) is 56.4 cm³/mol. The Morgan fingerprint density at radius 1 is 1.27 bits per heavy atom. The van der Waals surface area contributed by atoms with Gasteiger partial charge in [0.15, 0.2) is 0 Å². The Morgan fingerprint density at radius 2 is 1.93 bits per heavy atom. The van der Waals surface area contributed by atoms with Gasteiger partial charge in [-0.1, -0.05) is 19.1 Å². The molecular weight excluding hydrogens is 216 g/mol. The fourth-order valence-corrected chi connectivity index (χ4v) is 2.24. The van der Waals surface area contributed by atoms with Crippen molar-refractivity contribution in [2.45, 2.75) is 18.2 Å². The van der Waals surface area contributed by atoms with Crippen LogP contribution in [0.3, 0.4) is 0 Å². The SMILES string of the molecule is CCCOS(=O)(=O)c1ccccc1OC. The molecule has 4 nitrogen and oxygen atoms in total. The quantitative estimate of drug-likeness (QED) is 0.724. The van der Waals surface area contributed by atoms with Gasteiger partial charge in [-0.25, -0.2) is 0 Å². The van der Waals surface area contributed by atoms with Crippen LogP contribution >= 0.6 is 0 Å². The van der Waals surface area contributed by atoms with E-state index in [0.717, 1.165) is 0 Å². The van der Waals surface area contributed by atoms with Gasteiger partial charge in [0.25, 0.3) is 0 Å². The van der Waals surface area contributed by atoms with Crippen molar-refractivity contribution < 1.29 is 17.3 Å².